The van der Waals surface area contributed by atoms with Crippen molar-refractivity contribution in [3.63, 3.8) is 0 Å². The number of hydrazone groups is 1. The van der Waals surface area contributed by atoms with Crippen molar-refractivity contribution >= 4 is 41.3 Å². The first kappa shape index (κ1) is 21.4. The molecule has 3 aromatic carbocycles. The molecule has 0 atom stereocenters. The summed E-state index contributed by atoms with van der Waals surface area (Å²) in [6.45, 7) is -0.198. The Morgan fingerprint density at radius 3 is 2.30 bits per heavy atom. The summed E-state index contributed by atoms with van der Waals surface area (Å²) in [6.07, 6.45) is 1.46. The van der Waals surface area contributed by atoms with Crippen LogP contribution in [-0.2, 0) is 4.79 Å². The van der Waals surface area contributed by atoms with Gasteiger partial charge in [-0.2, -0.15) is 5.10 Å². The number of nitrogens with zero attached hydrogens (tertiary/aromatic N) is 1. The first-order valence-corrected chi connectivity index (χ1v) is 9.53. The minimum Gasteiger partial charge on any atom is -0.484 e. The Labute approximate surface area is 183 Å². The zero-order valence-electron chi connectivity index (χ0n) is 15.5. The lowest BCUT2D eigenvalue weighted by molar-refractivity contribution is -0.123. The molecule has 0 radical (unpaired) electrons. The molecule has 0 aliphatic heterocycles. The number of carbonyl (C=O) groups excluding carboxylic acids is 2. The fourth-order valence-electron chi connectivity index (χ4n) is 2.32. The summed E-state index contributed by atoms with van der Waals surface area (Å²) >= 11 is 11.7. The van der Waals surface area contributed by atoms with Crippen molar-refractivity contribution in [1.82, 2.24) is 5.43 Å². The van der Waals surface area contributed by atoms with Crippen LogP contribution in [-0.4, -0.2) is 24.7 Å². The van der Waals surface area contributed by atoms with Crippen LogP contribution in [0, 0.1) is 0 Å². The highest BCUT2D eigenvalue weighted by Gasteiger charge is 2.09. The zero-order chi connectivity index (χ0) is 21.3. The number of halogens is 2. The number of carbonyl (C=O) groups is 2. The standard InChI is InChI=1S/C22H16Cl2N2O4/c23-17-4-1-3-16(11-17)22(28)30-19-9-7-15(8-10-19)13-25-26-21(27)14-29-20-6-2-5-18(24)12-20/h1-13H,14H2,(H,26,27). The largest absolute Gasteiger partial charge is 0.484 e. The minimum atomic E-state index is -0.508. The van der Waals surface area contributed by atoms with Crippen molar-refractivity contribution in [2.45, 2.75) is 0 Å². The molecule has 0 unspecified atom stereocenters. The number of hydrogen-bond acceptors (Lipinski definition) is 5. The number of nitrogens with one attached hydrogen (secondary N) is 1. The van der Waals surface area contributed by atoms with Crippen LogP contribution in [0.25, 0.3) is 0 Å². The molecule has 0 spiro atoms. The van der Waals surface area contributed by atoms with E-state index in [4.69, 9.17) is 32.7 Å². The third-order valence-electron chi connectivity index (χ3n) is 3.72. The van der Waals surface area contributed by atoms with Gasteiger partial charge in [-0.3, -0.25) is 4.79 Å². The van der Waals surface area contributed by atoms with Gasteiger partial charge in [0.25, 0.3) is 5.91 Å². The van der Waals surface area contributed by atoms with E-state index in [-0.39, 0.29) is 6.61 Å². The molecule has 30 heavy (non-hydrogen) atoms. The Morgan fingerprint density at radius 1 is 0.900 bits per heavy atom. The van der Waals surface area contributed by atoms with E-state index in [0.717, 1.165) is 0 Å². The van der Waals surface area contributed by atoms with E-state index < -0.39 is 11.9 Å². The highest BCUT2D eigenvalue weighted by atomic mass is 35.5. The second-order valence-corrected chi connectivity index (χ2v) is 6.88. The molecule has 0 aliphatic carbocycles. The summed E-state index contributed by atoms with van der Waals surface area (Å²) in [6, 6.07) is 19.9. The number of esters is 1. The molecule has 3 aromatic rings. The summed E-state index contributed by atoms with van der Waals surface area (Å²) in [4.78, 5) is 23.9. The smallest absolute Gasteiger partial charge is 0.343 e. The van der Waals surface area contributed by atoms with E-state index in [2.05, 4.69) is 10.5 Å². The number of amides is 1. The van der Waals surface area contributed by atoms with E-state index >= 15 is 0 Å². The van der Waals surface area contributed by atoms with Gasteiger partial charge < -0.3 is 9.47 Å². The molecule has 1 amide bonds. The molecular weight excluding hydrogens is 427 g/mol. The molecular formula is C22H16Cl2N2O4. The molecule has 8 heteroatoms. The molecule has 6 nitrogen and oxygen atoms in total. The molecule has 0 aliphatic rings. The maximum absolute atomic E-state index is 12.1. The Balaban J connectivity index is 1.47. The van der Waals surface area contributed by atoms with Crippen molar-refractivity contribution < 1.29 is 19.1 Å². The molecule has 0 saturated carbocycles. The highest BCUT2D eigenvalue weighted by molar-refractivity contribution is 6.31. The molecule has 0 fully saturated rings. The van der Waals surface area contributed by atoms with E-state index in [1.54, 1.807) is 66.7 Å². The number of benzene rings is 3. The van der Waals surface area contributed by atoms with Gasteiger partial charge in [0.1, 0.15) is 11.5 Å². The second kappa shape index (κ2) is 10.4. The van der Waals surface area contributed by atoms with E-state index in [1.165, 1.54) is 12.3 Å². The lowest BCUT2D eigenvalue weighted by atomic mass is 10.2. The molecule has 0 bridgehead atoms. The zero-order valence-corrected chi connectivity index (χ0v) is 17.1. The van der Waals surface area contributed by atoms with Crippen LogP contribution in [0.15, 0.2) is 77.9 Å². The SMILES string of the molecule is O=C(COc1cccc(Cl)c1)NN=Cc1ccc(OC(=O)c2cccc(Cl)c2)cc1. The fourth-order valence-corrected chi connectivity index (χ4v) is 2.69. The van der Waals surface area contributed by atoms with Crippen LogP contribution in [0.4, 0.5) is 0 Å². The van der Waals surface area contributed by atoms with Gasteiger partial charge in [0.05, 0.1) is 11.8 Å². The monoisotopic (exact) mass is 442 g/mol. The summed E-state index contributed by atoms with van der Waals surface area (Å²) in [5.74, 6) is -0.0650. The van der Waals surface area contributed by atoms with Crippen LogP contribution in [0.1, 0.15) is 15.9 Å². The molecule has 152 valence electrons. The van der Waals surface area contributed by atoms with Gasteiger partial charge in [0.15, 0.2) is 6.61 Å². The summed E-state index contributed by atoms with van der Waals surface area (Å²) < 4.78 is 10.6. The third-order valence-corrected chi connectivity index (χ3v) is 4.19. The maximum atomic E-state index is 12.1. The van der Waals surface area contributed by atoms with Gasteiger partial charge >= 0.3 is 5.97 Å². The van der Waals surface area contributed by atoms with Gasteiger partial charge in [0.2, 0.25) is 0 Å². The highest BCUT2D eigenvalue weighted by Crippen LogP contribution is 2.17. The van der Waals surface area contributed by atoms with Crippen molar-refractivity contribution in [2.24, 2.45) is 5.10 Å². The summed E-state index contributed by atoms with van der Waals surface area (Å²) in [5.41, 5.74) is 3.42. The van der Waals surface area contributed by atoms with Crippen LogP contribution in [0.2, 0.25) is 10.0 Å². The van der Waals surface area contributed by atoms with Gasteiger partial charge in [-0.25, -0.2) is 10.2 Å². The average molecular weight is 443 g/mol. The van der Waals surface area contributed by atoms with Crippen molar-refractivity contribution in [3.05, 3.63) is 94.0 Å². The molecule has 0 aromatic heterocycles. The Morgan fingerprint density at radius 2 is 1.60 bits per heavy atom. The Bertz CT molecular complexity index is 1070. The summed E-state index contributed by atoms with van der Waals surface area (Å²) in [5, 5.41) is 4.84. The fraction of sp³-hybridized carbons (Fsp3) is 0.0455. The lowest BCUT2D eigenvalue weighted by Crippen LogP contribution is -2.24. The number of rotatable bonds is 7. The molecule has 0 heterocycles. The van der Waals surface area contributed by atoms with Crippen LogP contribution >= 0.6 is 23.2 Å². The van der Waals surface area contributed by atoms with Crippen LogP contribution in [0.3, 0.4) is 0 Å². The first-order chi connectivity index (χ1) is 14.5. The topological polar surface area (TPSA) is 77.0 Å². The quantitative estimate of drug-likeness (QED) is 0.248. The van der Waals surface area contributed by atoms with Crippen molar-refractivity contribution in [1.29, 1.82) is 0 Å². The number of ether oxygens (including phenoxy) is 2. The lowest BCUT2D eigenvalue weighted by Gasteiger charge is -2.05. The number of hydrogen-bond donors (Lipinski definition) is 1. The van der Waals surface area contributed by atoms with E-state index in [0.29, 0.717) is 32.7 Å². The normalized spacial score (nSPS) is 10.6. The van der Waals surface area contributed by atoms with Crippen LogP contribution in [0.5, 0.6) is 11.5 Å². The predicted octanol–water partition coefficient (Wildman–Crippen LogP) is 4.74. The Hall–Kier alpha value is -3.35. The van der Waals surface area contributed by atoms with Gasteiger partial charge in [-0.15, -0.1) is 0 Å². The molecule has 0 saturated heterocycles. The first-order valence-electron chi connectivity index (χ1n) is 8.78. The average Bonchev–Trinajstić information content (AvgIpc) is 2.73. The Kier molecular flexibility index (Phi) is 7.43. The van der Waals surface area contributed by atoms with Crippen LogP contribution < -0.4 is 14.9 Å². The molecule has 3 rings (SSSR count). The predicted molar refractivity (Wildman–Crippen MR) is 116 cm³/mol. The summed E-state index contributed by atoms with van der Waals surface area (Å²) in [7, 11) is 0. The van der Waals surface area contributed by atoms with E-state index in [9.17, 15) is 9.59 Å². The van der Waals surface area contributed by atoms with Gasteiger partial charge in [0, 0.05) is 10.0 Å². The van der Waals surface area contributed by atoms with Gasteiger partial charge in [-0.1, -0.05) is 35.3 Å². The van der Waals surface area contributed by atoms with E-state index in [1.807, 2.05) is 0 Å². The second-order valence-electron chi connectivity index (χ2n) is 6.01. The van der Waals surface area contributed by atoms with Crippen molar-refractivity contribution in [3.8, 4) is 11.5 Å². The maximum Gasteiger partial charge on any atom is 0.343 e. The van der Waals surface area contributed by atoms with Crippen molar-refractivity contribution in [2.75, 3.05) is 6.61 Å². The molecule has 1 N–H and O–H groups in total. The van der Waals surface area contributed by atoms with Gasteiger partial charge in [-0.05, 0) is 66.2 Å². The third kappa shape index (κ3) is 6.62. The minimum absolute atomic E-state index is 0.198.